The average Bonchev–Trinajstić information content (AvgIpc) is 2.09. The largest absolute Gasteiger partial charge is 0.394 e. The van der Waals surface area contributed by atoms with E-state index in [0.29, 0.717) is 12.8 Å². The van der Waals surface area contributed by atoms with Crippen molar-refractivity contribution in [2.45, 2.75) is 362 Å². The molecule has 3 aliphatic heterocycles. The zero-order valence-corrected chi connectivity index (χ0v) is 54.9. The smallest absolute Gasteiger partial charge is 0.220 e. The monoisotopic (exact) mass is 1270 g/mol. The van der Waals surface area contributed by atoms with Gasteiger partial charge in [0, 0.05) is 6.42 Å². The molecule has 17 atom stereocenters. The van der Waals surface area contributed by atoms with E-state index in [2.05, 4.69) is 67.8 Å². The zero-order valence-electron chi connectivity index (χ0n) is 54.9. The summed E-state index contributed by atoms with van der Waals surface area (Å²) in [6.07, 6.45) is 34.6. The first kappa shape index (κ1) is 81.0. The fourth-order valence-electron chi connectivity index (χ4n) is 12.0. The van der Waals surface area contributed by atoms with Crippen molar-refractivity contribution in [1.29, 1.82) is 0 Å². The van der Waals surface area contributed by atoms with E-state index in [1.54, 1.807) is 0 Å². The van der Waals surface area contributed by atoms with Gasteiger partial charge in [-0.1, -0.05) is 249 Å². The van der Waals surface area contributed by atoms with Crippen LogP contribution in [0.4, 0.5) is 0 Å². The Morgan fingerprint density at radius 2 is 0.775 bits per heavy atom. The summed E-state index contributed by atoms with van der Waals surface area (Å²) in [6.45, 7) is 1.71. The number of nitrogens with one attached hydrogen (secondary N) is 1. The fraction of sp³-hybridized carbons (Fsp3) is 0.871. The maximum Gasteiger partial charge on any atom is 0.220 e. The lowest BCUT2D eigenvalue weighted by Gasteiger charge is -2.48. The Hall–Kier alpha value is -2.25. The van der Waals surface area contributed by atoms with Crippen LogP contribution in [0.5, 0.6) is 0 Å². The fourth-order valence-corrected chi connectivity index (χ4v) is 12.0. The van der Waals surface area contributed by atoms with Crippen LogP contribution in [-0.4, -0.2) is 193 Å². The van der Waals surface area contributed by atoms with Gasteiger partial charge in [-0.2, -0.15) is 0 Å². The van der Waals surface area contributed by atoms with Gasteiger partial charge in [0.2, 0.25) is 5.91 Å². The number of allylic oxidation sites excluding steroid dienone is 8. The van der Waals surface area contributed by atoms with Gasteiger partial charge in [-0.15, -0.1) is 0 Å². The van der Waals surface area contributed by atoms with Gasteiger partial charge in [-0.3, -0.25) is 4.79 Å². The molecule has 3 rings (SSSR count). The van der Waals surface area contributed by atoms with E-state index < -0.39 is 124 Å². The van der Waals surface area contributed by atoms with Crippen LogP contribution in [0.25, 0.3) is 0 Å². The van der Waals surface area contributed by atoms with Gasteiger partial charge in [0.1, 0.15) is 73.2 Å². The minimum absolute atomic E-state index is 0.246. The second-order valence-corrected chi connectivity index (χ2v) is 25.3. The molecule has 3 saturated heterocycles. The third-order valence-electron chi connectivity index (χ3n) is 17.7. The molecule has 3 fully saturated rings. The van der Waals surface area contributed by atoms with Crippen molar-refractivity contribution in [2.24, 2.45) is 0 Å². The molecule has 89 heavy (non-hydrogen) atoms. The van der Waals surface area contributed by atoms with Crippen LogP contribution < -0.4 is 5.32 Å². The summed E-state index contributed by atoms with van der Waals surface area (Å²) < 4.78 is 34.4. The Morgan fingerprint density at radius 1 is 0.416 bits per heavy atom. The molecule has 0 spiro atoms. The molecule has 3 heterocycles. The lowest BCUT2D eigenvalue weighted by atomic mass is 9.96. The molecule has 3 aliphatic rings. The Balaban J connectivity index is 1.43. The standard InChI is InChI=1S/C70H127NO18/c1-3-5-7-9-11-13-15-17-19-21-23-25-26-28-30-32-34-36-38-40-42-44-46-48-58(76)71-53(54(75)47-45-43-41-39-37-35-33-31-29-27-24-22-20-18-16-14-12-10-8-6-4-2)52-84-68-64(82)61(79)66(56(50-73)86-68)89-70-65(83)62(80)67(57(51-74)87-70)88-69-63(81)60(78)59(77)55(49-72)85-69/h5,7,11,13,17,19,23,25,53-57,59-70,72-75,77-83H,3-4,6,8-10,12,14-16,18,20-22,24,26-52H2,1-2H3,(H,71,76)/b7-5-,13-11-,19-17-,25-23-. The van der Waals surface area contributed by atoms with E-state index in [0.717, 1.165) is 77.0 Å². The normalized spacial score (nSPS) is 28.5. The molecule has 1 amide bonds. The summed E-state index contributed by atoms with van der Waals surface area (Å²) >= 11 is 0. The molecule has 19 heteroatoms. The van der Waals surface area contributed by atoms with E-state index in [-0.39, 0.29) is 18.9 Å². The van der Waals surface area contributed by atoms with Gasteiger partial charge in [-0.25, -0.2) is 0 Å². The molecule has 0 aromatic heterocycles. The van der Waals surface area contributed by atoms with Crippen molar-refractivity contribution in [3.05, 3.63) is 48.6 Å². The Bertz CT molecular complexity index is 1800. The minimum atomic E-state index is -1.97. The first-order chi connectivity index (χ1) is 43.3. The van der Waals surface area contributed by atoms with E-state index in [1.165, 1.54) is 148 Å². The molecule has 0 aliphatic carbocycles. The van der Waals surface area contributed by atoms with Crippen molar-refractivity contribution >= 4 is 5.91 Å². The second kappa shape index (κ2) is 52.1. The predicted molar refractivity (Wildman–Crippen MR) is 346 cm³/mol. The Kier molecular flexibility index (Phi) is 47.4. The molecular formula is C70H127NO18. The van der Waals surface area contributed by atoms with Gasteiger partial charge in [0.15, 0.2) is 18.9 Å². The number of aliphatic hydroxyl groups excluding tert-OH is 11. The SMILES string of the molecule is CC/C=C\C/C=C\C/C=C\C/C=C\CCCCCCCCCCCCC(=O)NC(COC1OC(CO)C(OC2OC(CO)C(OC3OC(CO)C(O)C(O)C3O)C(O)C2O)C(O)C1O)C(O)CCCCCCCCCCCCCCCCCCCCCCC. The number of aliphatic hydroxyl groups is 11. The molecule has 0 bridgehead atoms. The predicted octanol–water partition coefficient (Wildman–Crippen LogP) is 9.39. The average molecular weight is 1270 g/mol. The summed E-state index contributed by atoms with van der Waals surface area (Å²) in [4.78, 5) is 13.4. The van der Waals surface area contributed by atoms with Crippen LogP contribution in [-0.2, 0) is 33.2 Å². The maximum absolute atomic E-state index is 13.4. The second-order valence-electron chi connectivity index (χ2n) is 25.3. The van der Waals surface area contributed by atoms with Crippen LogP contribution in [0.2, 0.25) is 0 Å². The maximum atomic E-state index is 13.4. The van der Waals surface area contributed by atoms with Crippen molar-refractivity contribution in [1.82, 2.24) is 5.32 Å². The quantitative estimate of drug-likeness (QED) is 0.0199. The molecule has 0 aromatic rings. The third-order valence-corrected chi connectivity index (χ3v) is 17.7. The van der Waals surface area contributed by atoms with Crippen LogP contribution in [0.1, 0.15) is 258 Å². The summed E-state index contributed by atoms with van der Waals surface area (Å²) in [5, 5.41) is 121. The third kappa shape index (κ3) is 34.1. The van der Waals surface area contributed by atoms with Gasteiger partial charge in [0.05, 0.1) is 38.6 Å². The van der Waals surface area contributed by atoms with Gasteiger partial charge < -0.3 is 89.9 Å². The molecule has 12 N–H and O–H groups in total. The number of hydrogen-bond acceptors (Lipinski definition) is 18. The first-order valence-corrected chi connectivity index (χ1v) is 35.4. The van der Waals surface area contributed by atoms with Crippen LogP contribution >= 0.6 is 0 Å². The number of unbranched alkanes of at least 4 members (excludes halogenated alkanes) is 30. The zero-order chi connectivity index (χ0) is 64.7. The van der Waals surface area contributed by atoms with Crippen molar-refractivity contribution in [2.75, 3.05) is 26.4 Å². The summed E-state index contributed by atoms with van der Waals surface area (Å²) in [5.41, 5.74) is 0. The van der Waals surface area contributed by atoms with Crippen LogP contribution in [0.15, 0.2) is 48.6 Å². The molecule has 0 aromatic carbocycles. The minimum Gasteiger partial charge on any atom is -0.394 e. The Labute approximate surface area is 535 Å². The summed E-state index contributed by atoms with van der Waals surface area (Å²) in [5.74, 6) is -0.246. The lowest BCUT2D eigenvalue weighted by Crippen LogP contribution is -2.66. The number of amides is 1. The van der Waals surface area contributed by atoms with Gasteiger partial charge in [0.25, 0.3) is 0 Å². The number of rotatable bonds is 54. The van der Waals surface area contributed by atoms with E-state index in [9.17, 15) is 61.0 Å². The van der Waals surface area contributed by atoms with E-state index in [1.807, 2.05) is 0 Å². The summed E-state index contributed by atoms with van der Waals surface area (Å²) in [6, 6.07) is -0.892. The highest BCUT2D eigenvalue weighted by Gasteiger charge is 2.53. The van der Waals surface area contributed by atoms with Crippen LogP contribution in [0, 0.1) is 0 Å². The highest BCUT2D eigenvalue weighted by Crippen LogP contribution is 2.33. The molecule has 0 radical (unpaired) electrons. The first-order valence-electron chi connectivity index (χ1n) is 35.4. The van der Waals surface area contributed by atoms with E-state index in [4.69, 9.17) is 28.4 Å². The molecule has 0 saturated carbocycles. The lowest BCUT2D eigenvalue weighted by molar-refractivity contribution is -0.379. The molecule has 17 unspecified atom stereocenters. The number of carbonyl (C=O) groups excluding carboxylic acids is 1. The highest BCUT2D eigenvalue weighted by atomic mass is 16.8. The van der Waals surface area contributed by atoms with Crippen molar-refractivity contribution in [3.8, 4) is 0 Å². The van der Waals surface area contributed by atoms with E-state index >= 15 is 0 Å². The van der Waals surface area contributed by atoms with Gasteiger partial charge >= 0.3 is 0 Å². The molecular weight excluding hydrogens is 1140 g/mol. The number of carbonyl (C=O) groups is 1. The van der Waals surface area contributed by atoms with Gasteiger partial charge in [-0.05, 0) is 51.4 Å². The number of ether oxygens (including phenoxy) is 6. The van der Waals surface area contributed by atoms with Crippen molar-refractivity contribution < 1.29 is 89.4 Å². The highest BCUT2D eigenvalue weighted by molar-refractivity contribution is 5.76. The topological polar surface area (TPSA) is 307 Å². The summed E-state index contributed by atoms with van der Waals surface area (Å²) in [7, 11) is 0. The Morgan fingerprint density at radius 3 is 1.21 bits per heavy atom. The van der Waals surface area contributed by atoms with Crippen LogP contribution in [0.3, 0.4) is 0 Å². The molecule has 19 nitrogen and oxygen atoms in total. The van der Waals surface area contributed by atoms with Crippen molar-refractivity contribution in [3.63, 3.8) is 0 Å². The molecule has 520 valence electrons. The number of hydrogen-bond donors (Lipinski definition) is 12.